The van der Waals surface area contributed by atoms with Gasteiger partial charge in [0.25, 0.3) is 5.88 Å². The number of fused-ring (bicyclic) bond motifs is 1. The summed E-state index contributed by atoms with van der Waals surface area (Å²) in [7, 11) is -4.71. The van der Waals surface area contributed by atoms with Crippen molar-refractivity contribution in [3.63, 3.8) is 0 Å². The number of methoxy groups -OCH3 is 1. The van der Waals surface area contributed by atoms with E-state index in [0.717, 1.165) is 25.7 Å². The Labute approximate surface area is 164 Å². The maximum atomic E-state index is 12.8. The lowest BCUT2D eigenvalue weighted by atomic mass is 10.2. The first-order chi connectivity index (χ1) is 13.6. The number of benzene rings is 1. The van der Waals surface area contributed by atoms with Crippen LogP contribution in [0.25, 0.3) is 11.0 Å². The van der Waals surface area contributed by atoms with Gasteiger partial charge in [-0.25, -0.2) is 14.8 Å². The summed E-state index contributed by atoms with van der Waals surface area (Å²) >= 11 is 0. The molecule has 0 spiro atoms. The SMILES string of the molecule is COC(=O)c1ccc2nc(OS(=O)(=O)C(F)(F)F)c(N3CCCCCC3)nc2c1. The van der Waals surface area contributed by atoms with Crippen LogP contribution in [0.2, 0.25) is 0 Å². The zero-order chi connectivity index (χ0) is 21.2. The Morgan fingerprint density at radius 3 is 2.31 bits per heavy atom. The predicted molar refractivity (Wildman–Crippen MR) is 97.2 cm³/mol. The molecule has 0 bridgehead atoms. The van der Waals surface area contributed by atoms with Gasteiger partial charge in [0, 0.05) is 13.1 Å². The summed E-state index contributed by atoms with van der Waals surface area (Å²) in [6, 6.07) is 4.04. The quantitative estimate of drug-likeness (QED) is 0.412. The minimum absolute atomic E-state index is 0.0728. The van der Waals surface area contributed by atoms with Crippen LogP contribution in [0.4, 0.5) is 19.0 Å². The van der Waals surface area contributed by atoms with Crippen LogP contribution in [-0.4, -0.2) is 50.1 Å². The summed E-state index contributed by atoms with van der Waals surface area (Å²) in [6.45, 7) is 0.915. The van der Waals surface area contributed by atoms with Crippen molar-refractivity contribution >= 4 is 32.9 Å². The van der Waals surface area contributed by atoms with Crippen LogP contribution in [0.15, 0.2) is 18.2 Å². The average Bonchev–Trinajstić information content (AvgIpc) is 2.94. The monoisotopic (exact) mass is 433 g/mol. The molecule has 29 heavy (non-hydrogen) atoms. The zero-order valence-electron chi connectivity index (χ0n) is 15.4. The van der Waals surface area contributed by atoms with Crippen LogP contribution < -0.4 is 9.08 Å². The van der Waals surface area contributed by atoms with Crippen molar-refractivity contribution in [3.05, 3.63) is 23.8 Å². The Kier molecular flexibility index (Phi) is 5.82. The number of hydrogen-bond donors (Lipinski definition) is 0. The number of rotatable bonds is 4. The van der Waals surface area contributed by atoms with Gasteiger partial charge in [-0.3, -0.25) is 0 Å². The maximum absolute atomic E-state index is 12.8. The second-order valence-corrected chi connectivity index (χ2v) is 7.97. The normalized spacial score (nSPS) is 15.8. The van der Waals surface area contributed by atoms with Gasteiger partial charge in [0.1, 0.15) is 0 Å². The van der Waals surface area contributed by atoms with Gasteiger partial charge in [-0.15, -0.1) is 0 Å². The summed E-state index contributed by atoms with van der Waals surface area (Å²) in [4.78, 5) is 21.6. The molecular formula is C17H18F3N3O5S. The van der Waals surface area contributed by atoms with Gasteiger partial charge in [-0.1, -0.05) is 12.8 Å². The molecular weight excluding hydrogens is 415 g/mol. The summed E-state index contributed by atoms with van der Waals surface area (Å²) in [5, 5.41) is 0. The molecule has 0 aliphatic carbocycles. The molecule has 0 saturated carbocycles. The minimum Gasteiger partial charge on any atom is -0.465 e. The molecule has 1 aliphatic heterocycles. The number of nitrogens with zero attached hydrogens (tertiary/aromatic N) is 3. The van der Waals surface area contributed by atoms with Gasteiger partial charge in [0.2, 0.25) is 0 Å². The van der Waals surface area contributed by atoms with Crippen molar-refractivity contribution < 1.29 is 35.3 Å². The second-order valence-electron chi connectivity index (χ2n) is 6.43. The highest BCUT2D eigenvalue weighted by Gasteiger charge is 2.49. The minimum atomic E-state index is -5.92. The number of hydrogen-bond acceptors (Lipinski definition) is 8. The van der Waals surface area contributed by atoms with Crippen LogP contribution >= 0.6 is 0 Å². The smallest absolute Gasteiger partial charge is 0.465 e. The molecule has 0 radical (unpaired) electrons. The predicted octanol–water partition coefficient (Wildman–Crippen LogP) is 3.03. The lowest BCUT2D eigenvalue weighted by Gasteiger charge is -2.23. The van der Waals surface area contributed by atoms with Crippen LogP contribution in [0.3, 0.4) is 0 Å². The maximum Gasteiger partial charge on any atom is 0.534 e. The zero-order valence-corrected chi connectivity index (χ0v) is 16.2. The number of aromatic nitrogens is 2. The molecule has 1 saturated heterocycles. The molecule has 8 nitrogen and oxygen atoms in total. The van der Waals surface area contributed by atoms with Crippen molar-refractivity contribution in [1.82, 2.24) is 9.97 Å². The topological polar surface area (TPSA) is 98.7 Å². The molecule has 1 aromatic heterocycles. The van der Waals surface area contributed by atoms with E-state index in [1.54, 1.807) is 4.90 Å². The van der Waals surface area contributed by atoms with Crippen molar-refractivity contribution in [2.75, 3.05) is 25.1 Å². The molecule has 1 aromatic carbocycles. The second kappa shape index (κ2) is 8.01. The van der Waals surface area contributed by atoms with Gasteiger partial charge in [0.15, 0.2) is 5.82 Å². The fourth-order valence-corrected chi connectivity index (χ4v) is 3.38. The van der Waals surface area contributed by atoms with Crippen LogP contribution in [0.5, 0.6) is 5.88 Å². The van der Waals surface area contributed by atoms with Crippen molar-refractivity contribution in [2.24, 2.45) is 0 Å². The van der Waals surface area contributed by atoms with Crippen molar-refractivity contribution in [1.29, 1.82) is 0 Å². The Balaban J connectivity index is 2.13. The van der Waals surface area contributed by atoms with E-state index in [0.29, 0.717) is 13.1 Å². The number of halogens is 3. The van der Waals surface area contributed by atoms with Crippen LogP contribution in [0, 0.1) is 0 Å². The van der Waals surface area contributed by atoms with E-state index in [1.165, 1.54) is 25.3 Å². The highest BCUT2D eigenvalue weighted by Crippen LogP contribution is 2.33. The summed E-state index contributed by atoms with van der Waals surface area (Å²) in [5.41, 5.74) is -5.16. The van der Waals surface area contributed by atoms with Gasteiger partial charge >= 0.3 is 21.6 Å². The van der Waals surface area contributed by atoms with Crippen LogP contribution in [-0.2, 0) is 14.9 Å². The number of ether oxygens (including phenoxy) is 1. The molecule has 0 N–H and O–H groups in total. The van der Waals surface area contributed by atoms with Gasteiger partial charge in [-0.2, -0.15) is 21.6 Å². The highest BCUT2D eigenvalue weighted by molar-refractivity contribution is 7.88. The van der Waals surface area contributed by atoms with E-state index in [4.69, 9.17) is 0 Å². The molecule has 158 valence electrons. The molecule has 2 aromatic rings. The molecule has 2 heterocycles. The van der Waals surface area contributed by atoms with Crippen molar-refractivity contribution in [2.45, 2.75) is 31.2 Å². The molecule has 0 unspecified atom stereocenters. The fourth-order valence-electron chi connectivity index (χ4n) is 2.97. The van der Waals surface area contributed by atoms with E-state index >= 15 is 0 Å². The first-order valence-corrected chi connectivity index (χ1v) is 10.2. The van der Waals surface area contributed by atoms with Crippen LogP contribution in [0.1, 0.15) is 36.0 Å². The van der Waals surface area contributed by atoms with Crippen molar-refractivity contribution in [3.8, 4) is 5.88 Å². The third-order valence-corrected chi connectivity index (χ3v) is 5.36. The molecule has 1 aliphatic rings. The molecule has 3 rings (SSSR count). The third-order valence-electron chi connectivity index (χ3n) is 4.41. The van der Waals surface area contributed by atoms with Gasteiger partial charge in [-0.05, 0) is 31.0 Å². The lowest BCUT2D eigenvalue weighted by molar-refractivity contribution is -0.0501. The standard InChI is InChI=1S/C17H18F3N3O5S/c1-27-16(24)11-6-7-12-13(10-11)21-14(23-8-4-2-3-5-9-23)15(22-12)28-29(25,26)17(18,19)20/h6-7,10H,2-5,8-9H2,1H3. The van der Waals surface area contributed by atoms with E-state index < -0.39 is 27.5 Å². The Bertz CT molecular complexity index is 1020. The summed E-state index contributed by atoms with van der Waals surface area (Å²) < 4.78 is 70.6. The Hall–Kier alpha value is -2.63. The van der Waals surface area contributed by atoms with E-state index in [2.05, 4.69) is 18.9 Å². The third kappa shape index (κ3) is 4.52. The summed E-state index contributed by atoms with van der Waals surface area (Å²) in [5.74, 6) is -1.48. The number of carbonyl (C=O) groups excluding carboxylic acids is 1. The number of alkyl halides is 3. The molecule has 1 fully saturated rings. The number of anilines is 1. The largest absolute Gasteiger partial charge is 0.534 e. The fraction of sp³-hybridized carbons (Fsp3) is 0.471. The van der Waals surface area contributed by atoms with E-state index in [-0.39, 0.29) is 22.4 Å². The molecule has 0 atom stereocenters. The molecule has 12 heteroatoms. The summed E-state index contributed by atoms with van der Waals surface area (Å²) in [6.07, 6.45) is 3.38. The number of carbonyl (C=O) groups is 1. The van der Waals surface area contributed by atoms with Gasteiger partial charge in [0.05, 0.1) is 23.7 Å². The van der Waals surface area contributed by atoms with Gasteiger partial charge < -0.3 is 13.8 Å². The number of esters is 1. The first-order valence-electron chi connectivity index (χ1n) is 8.78. The molecule has 0 amide bonds. The van der Waals surface area contributed by atoms with E-state index in [1.807, 2.05) is 0 Å². The lowest BCUT2D eigenvalue weighted by Crippen LogP contribution is -2.31. The Morgan fingerprint density at radius 2 is 1.72 bits per heavy atom. The Morgan fingerprint density at radius 1 is 1.07 bits per heavy atom. The first kappa shape index (κ1) is 21.1. The highest BCUT2D eigenvalue weighted by atomic mass is 32.2. The van der Waals surface area contributed by atoms with E-state index in [9.17, 15) is 26.4 Å². The average molecular weight is 433 g/mol.